The van der Waals surface area contributed by atoms with Crippen LogP contribution in [-0.2, 0) is 16.3 Å². The van der Waals surface area contributed by atoms with Crippen molar-refractivity contribution < 1.29 is 13.2 Å². The summed E-state index contributed by atoms with van der Waals surface area (Å²) in [6.07, 6.45) is 1.60. The zero-order valence-electron chi connectivity index (χ0n) is 11.9. The van der Waals surface area contributed by atoms with Crippen molar-refractivity contribution in [2.75, 3.05) is 18.1 Å². The average molecular weight is 364 g/mol. The molecular weight excluding hydrogens is 342 g/mol. The number of hydrogen-bond acceptors (Lipinski definition) is 4. The Labute approximate surface area is 129 Å². The van der Waals surface area contributed by atoms with Crippen molar-refractivity contribution in [3.8, 4) is 5.75 Å². The standard InChI is InChI=1S/C14H22BrNO3S/c1-3-12(16)10-11-6-5-7-13(15)14(11)19-8-9-20(17,18)4-2/h5-7,12H,3-4,8-10,16H2,1-2H3. The highest BCUT2D eigenvalue weighted by atomic mass is 79.9. The van der Waals surface area contributed by atoms with Gasteiger partial charge in [-0.1, -0.05) is 26.0 Å². The van der Waals surface area contributed by atoms with E-state index in [0.717, 1.165) is 16.5 Å². The van der Waals surface area contributed by atoms with Crippen LogP contribution in [0, 0.1) is 0 Å². The SMILES string of the molecule is CCC(N)Cc1cccc(Br)c1OCCS(=O)(=O)CC. The van der Waals surface area contributed by atoms with Gasteiger partial charge in [0.25, 0.3) is 0 Å². The van der Waals surface area contributed by atoms with Crippen LogP contribution >= 0.6 is 15.9 Å². The molecule has 0 radical (unpaired) electrons. The van der Waals surface area contributed by atoms with Crippen molar-refractivity contribution in [1.82, 2.24) is 0 Å². The Hall–Kier alpha value is -0.590. The second kappa shape index (κ2) is 8.00. The molecule has 114 valence electrons. The topological polar surface area (TPSA) is 69.4 Å². The molecule has 6 heteroatoms. The van der Waals surface area contributed by atoms with E-state index in [1.165, 1.54) is 0 Å². The lowest BCUT2D eigenvalue weighted by molar-refractivity contribution is 0.334. The van der Waals surface area contributed by atoms with Crippen molar-refractivity contribution in [2.45, 2.75) is 32.7 Å². The predicted molar refractivity (Wildman–Crippen MR) is 85.9 cm³/mol. The number of ether oxygens (including phenoxy) is 1. The summed E-state index contributed by atoms with van der Waals surface area (Å²) in [7, 11) is -3.01. The van der Waals surface area contributed by atoms with Crippen LogP contribution < -0.4 is 10.5 Å². The van der Waals surface area contributed by atoms with Crippen LogP contribution in [-0.4, -0.2) is 32.6 Å². The quantitative estimate of drug-likeness (QED) is 0.770. The van der Waals surface area contributed by atoms with Crippen molar-refractivity contribution in [3.63, 3.8) is 0 Å². The summed E-state index contributed by atoms with van der Waals surface area (Å²) >= 11 is 3.44. The highest BCUT2D eigenvalue weighted by Crippen LogP contribution is 2.30. The third kappa shape index (κ3) is 5.42. The van der Waals surface area contributed by atoms with E-state index in [-0.39, 0.29) is 24.2 Å². The second-order valence-electron chi connectivity index (χ2n) is 4.69. The minimum atomic E-state index is -3.01. The van der Waals surface area contributed by atoms with Crippen molar-refractivity contribution in [1.29, 1.82) is 0 Å². The normalized spacial score (nSPS) is 13.2. The summed E-state index contributed by atoms with van der Waals surface area (Å²) in [5, 5.41) is 0. The molecular formula is C14H22BrNO3S. The monoisotopic (exact) mass is 363 g/mol. The number of rotatable bonds is 8. The minimum Gasteiger partial charge on any atom is -0.491 e. The number of para-hydroxylation sites is 1. The van der Waals surface area contributed by atoms with Crippen LogP contribution in [0.2, 0.25) is 0 Å². The van der Waals surface area contributed by atoms with Gasteiger partial charge in [0.15, 0.2) is 9.84 Å². The molecule has 1 aromatic rings. The van der Waals surface area contributed by atoms with Gasteiger partial charge < -0.3 is 10.5 Å². The van der Waals surface area contributed by atoms with E-state index in [1.54, 1.807) is 6.92 Å². The summed E-state index contributed by atoms with van der Waals surface area (Å²) in [5.41, 5.74) is 6.98. The van der Waals surface area contributed by atoms with E-state index in [2.05, 4.69) is 15.9 Å². The number of halogens is 1. The van der Waals surface area contributed by atoms with Gasteiger partial charge in [-0.05, 0) is 40.4 Å². The summed E-state index contributed by atoms with van der Waals surface area (Å²) in [5.74, 6) is 0.868. The Bertz CT molecular complexity index is 531. The second-order valence-corrected chi connectivity index (χ2v) is 8.01. The first-order valence-electron chi connectivity index (χ1n) is 6.75. The lowest BCUT2D eigenvalue weighted by Gasteiger charge is -2.15. The fourth-order valence-electron chi connectivity index (χ4n) is 1.72. The molecule has 0 saturated heterocycles. The maximum absolute atomic E-state index is 11.5. The Balaban J connectivity index is 2.78. The molecule has 1 atom stereocenters. The van der Waals surface area contributed by atoms with Gasteiger partial charge in [-0.15, -0.1) is 0 Å². The van der Waals surface area contributed by atoms with E-state index in [9.17, 15) is 8.42 Å². The number of benzene rings is 1. The van der Waals surface area contributed by atoms with Gasteiger partial charge in [0, 0.05) is 11.8 Å². The fraction of sp³-hybridized carbons (Fsp3) is 0.571. The van der Waals surface area contributed by atoms with Crippen molar-refractivity contribution in [3.05, 3.63) is 28.2 Å². The highest BCUT2D eigenvalue weighted by Gasteiger charge is 2.13. The van der Waals surface area contributed by atoms with Gasteiger partial charge in [-0.25, -0.2) is 8.42 Å². The van der Waals surface area contributed by atoms with E-state index in [1.807, 2.05) is 25.1 Å². The van der Waals surface area contributed by atoms with Crippen molar-refractivity contribution in [2.24, 2.45) is 5.73 Å². The molecule has 20 heavy (non-hydrogen) atoms. The molecule has 0 amide bonds. The first-order valence-corrected chi connectivity index (χ1v) is 9.37. The molecule has 0 aromatic heterocycles. The molecule has 0 spiro atoms. The van der Waals surface area contributed by atoms with Crippen LogP contribution in [0.4, 0.5) is 0 Å². The van der Waals surface area contributed by atoms with E-state index < -0.39 is 9.84 Å². The molecule has 0 saturated carbocycles. The molecule has 0 fully saturated rings. The zero-order chi connectivity index (χ0) is 15.2. The Morgan fingerprint density at radius 1 is 1.35 bits per heavy atom. The maximum Gasteiger partial charge on any atom is 0.153 e. The predicted octanol–water partition coefficient (Wildman–Crippen LogP) is 2.54. The van der Waals surface area contributed by atoms with E-state index in [0.29, 0.717) is 12.2 Å². The maximum atomic E-state index is 11.5. The highest BCUT2D eigenvalue weighted by molar-refractivity contribution is 9.10. The number of sulfone groups is 1. The van der Waals surface area contributed by atoms with Gasteiger partial charge in [0.1, 0.15) is 12.4 Å². The summed E-state index contributed by atoms with van der Waals surface area (Å²) in [4.78, 5) is 0. The molecule has 0 bridgehead atoms. The molecule has 1 rings (SSSR count). The Morgan fingerprint density at radius 2 is 2.05 bits per heavy atom. The lowest BCUT2D eigenvalue weighted by atomic mass is 10.0. The minimum absolute atomic E-state index is 0.0319. The van der Waals surface area contributed by atoms with Crippen LogP contribution in [0.3, 0.4) is 0 Å². The molecule has 0 aliphatic heterocycles. The van der Waals surface area contributed by atoms with Gasteiger partial charge in [0.2, 0.25) is 0 Å². The summed E-state index contributed by atoms with van der Waals surface area (Å²) in [6, 6.07) is 5.84. The van der Waals surface area contributed by atoms with Crippen LogP contribution in [0.25, 0.3) is 0 Å². The van der Waals surface area contributed by atoms with Gasteiger partial charge in [0.05, 0.1) is 10.2 Å². The Kier molecular flexibility index (Phi) is 6.99. The molecule has 4 nitrogen and oxygen atoms in total. The average Bonchev–Trinajstić information content (AvgIpc) is 2.41. The third-order valence-electron chi connectivity index (χ3n) is 3.14. The molecule has 1 unspecified atom stereocenters. The fourth-order valence-corrected chi connectivity index (χ4v) is 2.87. The van der Waals surface area contributed by atoms with Crippen molar-refractivity contribution >= 4 is 25.8 Å². The molecule has 0 heterocycles. The van der Waals surface area contributed by atoms with Gasteiger partial charge in [-0.2, -0.15) is 0 Å². The van der Waals surface area contributed by atoms with Crippen LogP contribution in [0.15, 0.2) is 22.7 Å². The molecule has 0 aliphatic carbocycles. The van der Waals surface area contributed by atoms with Crippen LogP contribution in [0.5, 0.6) is 5.75 Å². The molecule has 1 aromatic carbocycles. The number of nitrogens with two attached hydrogens (primary N) is 1. The summed E-state index contributed by atoms with van der Waals surface area (Å²) in [6.45, 7) is 3.84. The molecule has 0 aliphatic rings. The first kappa shape index (κ1) is 17.5. The first-order chi connectivity index (χ1) is 9.39. The third-order valence-corrected chi connectivity index (χ3v) is 5.43. The van der Waals surface area contributed by atoms with Crippen LogP contribution in [0.1, 0.15) is 25.8 Å². The smallest absolute Gasteiger partial charge is 0.153 e. The van der Waals surface area contributed by atoms with Gasteiger partial charge in [-0.3, -0.25) is 0 Å². The van der Waals surface area contributed by atoms with E-state index >= 15 is 0 Å². The molecule has 2 N–H and O–H groups in total. The van der Waals surface area contributed by atoms with Gasteiger partial charge >= 0.3 is 0 Å². The Morgan fingerprint density at radius 3 is 2.65 bits per heavy atom. The number of hydrogen-bond donors (Lipinski definition) is 1. The summed E-state index contributed by atoms with van der Waals surface area (Å²) < 4.78 is 29.4. The zero-order valence-corrected chi connectivity index (χ0v) is 14.3. The largest absolute Gasteiger partial charge is 0.491 e. The lowest BCUT2D eigenvalue weighted by Crippen LogP contribution is -2.22. The van der Waals surface area contributed by atoms with E-state index in [4.69, 9.17) is 10.5 Å².